The summed E-state index contributed by atoms with van der Waals surface area (Å²) >= 11 is 0. The van der Waals surface area contributed by atoms with Crippen LogP contribution >= 0.6 is 0 Å². The highest BCUT2D eigenvalue weighted by atomic mass is 16.4. The number of benzene rings is 1. The second kappa shape index (κ2) is 3.46. The van der Waals surface area contributed by atoms with E-state index >= 15 is 0 Å². The van der Waals surface area contributed by atoms with Crippen LogP contribution in [0.5, 0.6) is 5.88 Å². The standard InChI is InChI=1S/C13H10N2O3/c1-7-6-10(16)15-9-5-3-2-4-8(9)14-12(15)11(7)13(17)18/h2-6,16H,1H3,(H,17,18). The molecule has 0 fully saturated rings. The van der Waals surface area contributed by atoms with Gasteiger partial charge in [-0.25, -0.2) is 9.78 Å². The van der Waals surface area contributed by atoms with E-state index in [9.17, 15) is 15.0 Å². The van der Waals surface area contributed by atoms with Crippen molar-refractivity contribution in [1.82, 2.24) is 9.38 Å². The second-order valence-electron chi connectivity index (χ2n) is 4.13. The molecule has 0 aliphatic rings. The molecule has 3 aromatic rings. The van der Waals surface area contributed by atoms with Gasteiger partial charge in [-0.15, -0.1) is 0 Å². The number of para-hydroxylation sites is 2. The number of aromatic carboxylic acids is 1. The number of carboxylic acid groups (broad SMARTS) is 1. The predicted molar refractivity (Wildman–Crippen MR) is 66.1 cm³/mol. The first-order valence-electron chi connectivity index (χ1n) is 5.42. The zero-order chi connectivity index (χ0) is 12.9. The van der Waals surface area contributed by atoms with Gasteiger partial charge < -0.3 is 10.2 Å². The van der Waals surface area contributed by atoms with Gasteiger partial charge in [0, 0.05) is 6.07 Å². The van der Waals surface area contributed by atoms with Crippen molar-refractivity contribution in [1.29, 1.82) is 0 Å². The molecular weight excluding hydrogens is 232 g/mol. The Morgan fingerprint density at radius 1 is 1.33 bits per heavy atom. The SMILES string of the molecule is Cc1cc(O)n2c(nc3ccccc32)c1C(=O)O. The van der Waals surface area contributed by atoms with E-state index in [1.807, 2.05) is 12.1 Å². The van der Waals surface area contributed by atoms with Gasteiger partial charge >= 0.3 is 5.97 Å². The van der Waals surface area contributed by atoms with Crippen LogP contribution in [0.2, 0.25) is 0 Å². The molecule has 18 heavy (non-hydrogen) atoms. The van der Waals surface area contributed by atoms with Gasteiger partial charge in [0.25, 0.3) is 0 Å². The fourth-order valence-corrected chi connectivity index (χ4v) is 2.20. The Hall–Kier alpha value is -2.56. The molecule has 2 aromatic heterocycles. The van der Waals surface area contributed by atoms with Crippen LogP contribution in [-0.2, 0) is 0 Å². The normalized spacial score (nSPS) is 11.2. The van der Waals surface area contributed by atoms with Crippen molar-refractivity contribution >= 4 is 22.6 Å². The van der Waals surface area contributed by atoms with Gasteiger partial charge in [0.15, 0.2) is 11.5 Å². The first kappa shape index (κ1) is 10.6. The van der Waals surface area contributed by atoms with Crippen molar-refractivity contribution in [2.45, 2.75) is 6.92 Å². The minimum atomic E-state index is -1.05. The van der Waals surface area contributed by atoms with Gasteiger partial charge in [-0.1, -0.05) is 12.1 Å². The van der Waals surface area contributed by atoms with Crippen molar-refractivity contribution in [3.05, 3.63) is 41.5 Å². The van der Waals surface area contributed by atoms with Crippen molar-refractivity contribution in [3.63, 3.8) is 0 Å². The van der Waals surface area contributed by atoms with E-state index in [1.54, 1.807) is 19.1 Å². The number of aryl methyl sites for hydroxylation is 1. The average molecular weight is 242 g/mol. The lowest BCUT2D eigenvalue weighted by Gasteiger charge is -2.06. The summed E-state index contributed by atoms with van der Waals surface area (Å²) in [6.07, 6.45) is 0. The van der Waals surface area contributed by atoms with Crippen LogP contribution in [0.25, 0.3) is 16.7 Å². The van der Waals surface area contributed by atoms with E-state index in [0.29, 0.717) is 16.6 Å². The van der Waals surface area contributed by atoms with Crippen molar-refractivity contribution in [2.24, 2.45) is 0 Å². The molecular formula is C13H10N2O3. The van der Waals surface area contributed by atoms with Gasteiger partial charge in [-0.3, -0.25) is 4.40 Å². The molecule has 0 aliphatic carbocycles. The largest absolute Gasteiger partial charge is 0.494 e. The Balaban J connectivity index is 2.61. The highest BCUT2D eigenvalue weighted by Gasteiger charge is 2.18. The van der Waals surface area contributed by atoms with Crippen LogP contribution in [0.4, 0.5) is 0 Å². The number of hydrogen-bond donors (Lipinski definition) is 2. The first-order valence-corrected chi connectivity index (χ1v) is 5.42. The van der Waals surface area contributed by atoms with Crippen LogP contribution < -0.4 is 0 Å². The minimum Gasteiger partial charge on any atom is -0.494 e. The average Bonchev–Trinajstić information content (AvgIpc) is 2.66. The molecule has 5 nitrogen and oxygen atoms in total. The lowest BCUT2D eigenvalue weighted by molar-refractivity contribution is 0.0697. The van der Waals surface area contributed by atoms with Gasteiger partial charge in [0.1, 0.15) is 5.56 Å². The molecule has 2 heterocycles. The molecule has 0 unspecified atom stereocenters. The van der Waals surface area contributed by atoms with Crippen molar-refractivity contribution in [2.75, 3.05) is 0 Å². The molecule has 2 N–H and O–H groups in total. The van der Waals surface area contributed by atoms with E-state index in [1.165, 1.54) is 10.5 Å². The number of pyridine rings is 1. The lowest BCUT2D eigenvalue weighted by Crippen LogP contribution is -2.04. The highest BCUT2D eigenvalue weighted by molar-refractivity contribution is 5.99. The number of hydrogen-bond acceptors (Lipinski definition) is 3. The van der Waals surface area contributed by atoms with Gasteiger partial charge in [0.05, 0.1) is 11.0 Å². The lowest BCUT2D eigenvalue weighted by atomic mass is 10.1. The second-order valence-corrected chi connectivity index (χ2v) is 4.13. The number of aromatic nitrogens is 2. The Kier molecular flexibility index (Phi) is 2.04. The van der Waals surface area contributed by atoms with Crippen LogP contribution in [0.15, 0.2) is 30.3 Å². The summed E-state index contributed by atoms with van der Waals surface area (Å²) in [7, 11) is 0. The number of aromatic hydroxyl groups is 1. The summed E-state index contributed by atoms with van der Waals surface area (Å²) in [5, 5.41) is 19.2. The van der Waals surface area contributed by atoms with Crippen molar-refractivity contribution in [3.8, 4) is 5.88 Å². The molecule has 0 radical (unpaired) electrons. The van der Waals surface area contributed by atoms with Crippen LogP contribution in [-0.4, -0.2) is 25.6 Å². The number of carbonyl (C=O) groups is 1. The molecule has 0 spiro atoms. The quantitative estimate of drug-likeness (QED) is 0.686. The maximum absolute atomic E-state index is 11.3. The van der Waals surface area contributed by atoms with Crippen LogP contribution in [0, 0.1) is 6.92 Å². The summed E-state index contributed by atoms with van der Waals surface area (Å²) in [4.78, 5) is 15.6. The topological polar surface area (TPSA) is 74.8 Å². The summed E-state index contributed by atoms with van der Waals surface area (Å²) in [6.45, 7) is 1.64. The number of fused-ring (bicyclic) bond motifs is 3. The molecule has 0 saturated carbocycles. The van der Waals surface area contributed by atoms with Crippen LogP contribution in [0.1, 0.15) is 15.9 Å². The smallest absolute Gasteiger partial charge is 0.339 e. The highest BCUT2D eigenvalue weighted by Crippen LogP contribution is 2.27. The fraction of sp³-hybridized carbons (Fsp3) is 0.0769. The molecule has 90 valence electrons. The van der Waals surface area contributed by atoms with E-state index in [0.717, 1.165) is 0 Å². The van der Waals surface area contributed by atoms with E-state index in [4.69, 9.17) is 0 Å². The zero-order valence-corrected chi connectivity index (χ0v) is 9.58. The molecule has 3 rings (SSSR count). The molecule has 0 bridgehead atoms. The van der Waals surface area contributed by atoms with Gasteiger partial charge in [-0.05, 0) is 24.6 Å². The number of nitrogens with zero attached hydrogens (tertiary/aromatic N) is 2. The van der Waals surface area contributed by atoms with Gasteiger partial charge in [-0.2, -0.15) is 0 Å². The summed E-state index contributed by atoms with van der Waals surface area (Å²) < 4.78 is 1.45. The van der Waals surface area contributed by atoms with E-state index in [-0.39, 0.29) is 17.1 Å². The fourth-order valence-electron chi connectivity index (χ4n) is 2.20. The third-order valence-corrected chi connectivity index (χ3v) is 2.97. The summed E-state index contributed by atoms with van der Waals surface area (Å²) in [5.74, 6) is -1.06. The van der Waals surface area contributed by atoms with Gasteiger partial charge in [0.2, 0.25) is 0 Å². The zero-order valence-electron chi connectivity index (χ0n) is 9.58. The summed E-state index contributed by atoms with van der Waals surface area (Å²) in [5.41, 5.74) is 2.21. The predicted octanol–water partition coefficient (Wildman–Crippen LogP) is 2.20. The summed E-state index contributed by atoms with van der Waals surface area (Å²) in [6, 6.07) is 8.64. The van der Waals surface area contributed by atoms with E-state index in [2.05, 4.69) is 4.98 Å². The van der Waals surface area contributed by atoms with Crippen molar-refractivity contribution < 1.29 is 15.0 Å². The monoisotopic (exact) mass is 242 g/mol. The first-order chi connectivity index (χ1) is 8.59. The number of rotatable bonds is 1. The molecule has 5 heteroatoms. The Morgan fingerprint density at radius 3 is 2.78 bits per heavy atom. The Labute approximate surface area is 102 Å². The third kappa shape index (κ3) is 1.27. The molecule has 0 saturated heterocycles. The number of imidazole rings is 1. The molecule has 0 amide bonds. The molecule has 0 atom stereocenters. The third-order valence-electron chi connectivity index (χ3n) is 2.97. The maximum atomic E-state index is 11.3. The van der Waals surface area contributed by atoms with E-state index < -0.39 is 5.97 Å². The molecule has 1 aromatic carbocycles. The number of carboxylic acids is 1. The Morgan fingerprint density at radius 2 is 2.06 bits per heavy atom. The maximum Gasteiger partial charge on any atom is 0.339 e. The Bertz CT molecular complexity index is 790. The molecule has 0 aliphatic heterocycles. The minimum absolute atomic E-state index is 0.0128. The van der Waals surface area contributed by atoms with Crippen LogP contribution in [0.3, 0.4) is 0 Å².